The molecule has 0 bridgehead atoms. The van der Waals surface area contributed by atoms with E-state index in [1.807, 2.05) is 0 Å². The molecule has 0 radical (unpaired) electrons. The number of halogens is 1. The first kappa shape index (κ1) is 15.8. The summed E-state index contributed by atoms with van der Waals surface area (Å²) in [6.07, 6.45) is 9.59. The topological polar surface area (TPSA) is 0 Å². The molecule has 0 aliphatic heterocycles. The van der Waals surface area contributed by atoms with Gasteiger partial charge in [0.2, 0.25) is 0 Å². The second-order valence-corrected chi connectivity index (χ2v) is 12.7. The smallest absolute Gasteiger partial charge is 0.147 e. The minimum atomic E-state index is -1.76. The van der Waals surface area contributed by atoms with Gasteiger partial charge in [-0.05, 0) is 0 Å². The van der Waals surface area contributed by atoms with Crippen molar-refractivity contribution in [2.24, 2.45) is 0 Å². The van der Waals surface area contributed by atoms with Gasteiger partial charge in [-0.15, -0.1) is 12.4 Å². The number of rotatable bonds is 2. The normalized spacial score (nSPS) is 20.2. The Kier molecular flexibility index (Phi) is 4.76. The van der Waals surface area contributed by atoms with Gasteiger partial charge >= 0.3 is 134 Å². The molecule has 110 valence electrons. The van der Waals surface area contributed by atoms with E-state index in [1.165, 1.54) is 11.1 Å². The quantitative estimate of drug-likeness (QED) is 0.650. The van der Waals surface area contributed by atoms with Crippen LogP contribution in [0.1, 0.15) is 36.4 Å². The summed E-state index contributed by atoms with van der Waals surface area (Å²) in [5.41, 5.74) is 5.97. The minimum absolute atomic E-state index is 0. The summed E-state index contributed by atoms with van der Waals surface area (Å²) < 4.78 is 3.96. The third-order valence-electron chi connectivity index (χ3n) is 4.65. The van der Waals surface area contributed by atoms with Crippen molar-refractivity contribution < 1.29 is 21.3 Å². The summed E-state index contributed by atoms with van der Waals surface area (Å²) in [5, 5.41) is 0. The van der Waals surface area contributed by atoms with E-state index in [2.05, 4.69) is 83.5 Å². The van der Waals surface area contributed by atoms with Crippen molar-refractivity contribution in [1.29, 1.82) is 0 Å². The van der Waals surface area contributed by atoms with Crippen molar-refractivity contribution in [3.05, 3.63) is 82.9 Å². The van der Waals surface area contributed by atoms with Gasteiger partial charge in [0.1, 0.15) is 0 Å². The first-order valence-corrected chi connectivity index (χ1v) is 11.8. The average molecular weight is 386 g/mol. The fourth-order valence-corrected chi connectivity index (χ4v) is 11.0. The maximum atomic E-state index is 2.58. The molecule has 22 heavy (non-hydrogen) atoms. The predicted molar refractivity (Wildman–Crippen MR) is 95.4 cm³/mol. The molecular weight excluding hydrogens is 367 g/mol. The van der Waals surface area contributed by atoms with E-state index in [4.69, 9.17) is 0 Å². The summed E-state index contributed by atoms with van der Waals surface area (Å²) in [6.45, 7) is 2.29. The molecule has 0 saturated heterocycles. The number of hydrogen-bond acceptors (Lipinski definition) is 0. The van der Waals surface area contributed by atoms with E-state index < -0.39 is 21.3 Å². The van der Waals surface area contributed by atoms with Gasteiger partial charge in [-0.3, -0.25) is 0 Å². The first-order chi connectivity index (χ1) is 10.4. The van der Waals surface area contributed by atoms with E-state index in [-0.39, 0.29) is 12.4 Å². The number of benzene rings is 2. The Morgan fingerprint density at radius 3 is 1.68 bits per heavy atom. The van der Waals surface area contributed by atoms with Crippen LogP contribution in [0, 0.1) is 0 Å². The van der Waals surface area contributed by atoms with Crippen LogP contribution in [0.4, 0.5) is 0 Å². The van der Waals surface area contributed by atoms with Crippen molar-refractivity contribution in [3.63, 3.8) is 0 Å². The Hall–Kier alpha value is -1.04. The van der Waals surface area contributed by atoms with Crippen LogP contribution in [0.3, 0.4) is 0 Å². The zero-order chi connectivity index (χ0) is 14.2. The molecule has 0 N–H and O–H groups in total. The Balaban J connectivity index is 0.00000144. The van der Waals surface area contributed by atoms with Gasteiger partial charge in [0.05, 0.1) is 0 Å². The van der Waals surface area contributed by atoms with Crippen molar-refractivity contribution in [1.82, 2.24) is 0 Å². The third-order valence-corrected chi connectivity index (χ3v) is 12.3. The molecule has 0 fully saturated rings. The van der Waals surface area contributed by atoms with E-state index >= 15 is 0 Å². The van der Waals surface area contributed by atoms with Crippen LogP contribution in [-0.4, -0.2) is 3.71 Å². The molecule has 2 atom stereocenters. The molecule has 2 unspecified atom stereocenters. The molecule has 0 heterocycles. The predicted octanol–water partition coefficient (Wildman–Crippen LogP) is 5.38. The molecule has 0 aromatic heterocycles. The number of fused-ring (bicyclic) bond motifs is 2. The molecule has 2 aliphatic rings. The summed E-state index contributed by atoms with van der Waals surface area (Å²) in [7, 11) is 0. The third kappa shape index (κ3) is 2.55. The van der Waals surface area contributed by atoms with Crippen molar-refractivity contribution in [2.75, 3.05) is 0 Å². The molecule has 0 nitrogen and oxygen atoms in total. The van der Waals surface area contributed by atoms with Crippen molar-refractivity contribution in [3.8, 4) is 0 Å². The fourth-order valence-electron chi connectivity index (χ4n) is 3.63. The van der Waals surface area contributed by atoms with Crippen LogP contribution in [0.15, 0.2) is 60.7 Å². The van der Waals surface area contributed by atoms with Gasteiger partial charge < -0.3 is 0 Å². The maximum absolute atomic E-state index is 2.58. The molecule has 2 aromatic carbocycles. The molecule has 0 spiro atoms. The minimum Gasteiger partial charge on any atom is -0.147 e. The van der Waals surface area contributed by atoms with E-state index in [0.29, 0.717) is 7.25 Å². The summed E-state index contributed by atoms with van der Waals surface area (Å²) in [4.78, 5) is 0. The van der Waals surface area contributed by atoms with Crippen LogP contribution in [0.2, 0.25) is 0 Å². The second kappa shape index (κ2) is 6.61. The molecule has 2 heteroatoms. The Bertz CT molecular complexity index is 722. The zero-order valence-corrected chi connectivity index (χ0v) is 15.8. The summed E-state index contributed by atoms with van der Waals surface area (Å²) in [5.74, 6) is 0. The largest absolute Gasteiger partial charge is 0.147 e. The van der Waals surface area contributed by atoms with E-state index in [0.717, 1.165) is 0 Å². The standard InChI is InChI=1S/2C9H7.C2H4.ClH.Zr/c2*1-2-5-9-7-3-6-8(9)4-1;1-2;;/h2*1-7H;1H,2H3;1H;. The SMILES string of the molecule is C[CH]=[Zr]([CH]1C=Cc2ccccc21)[CH]1C=Cc2ccccc21.Cl. The van der Waals surface area contributed by atoms with Gasteiger partial charge in [-0.2, -0.15) is 0 Å². The molecule has 0 amide bonds. The van der Waals surface area contributed by atoms with E-state index in [1.54, 1.807) is 11.1 Å². The Morgan fingerprint density at radius 2 is 1.23 bits per heavy atom. The van der Waals surface area contributed by atoms with Gasteiger partial charge in [-0.25, -0.2) is 0 Å². The molecule has 2 aromatic rings. The van der Waals surface area contributed by atoms with Gasteiger partial charge in [0.15, 0.2) is 0 Å². The van der Waals surface area contributed by atoms with Crippen LogP contribution in [-0.2, 0) is 21.3 Å². The monoisotopic (exact) mass is 384 g/mol. The molecular formula is C20H19ClZr. The van der Waals surface area contributed by atoms with Crippen LogP contribution >= 0.6 is 12.4 Å². The molecule has 0 saturated carbocycles. The average Bonchev–Trinajstić information content (AvgIpc) is 3.14. The van der Waals surface area contributed by atoms with Crippen LogP contribution in [0.25, 0.3) is 12.2 Å². The zero-order valence-electron chi connectivity index (χ0n) is 12.6. The van der Waals surface area contributed by atoms with Crippen LogP contribution < -0.4 is 0 Å². The maximum Gasteiger partial charge on any atom is -0.147 e. The first-order valence-electron chi connectivity index (χ1n) is 7.59. The van der Waals surface area contributed by atoms with Gasteiger partial charge in [-0.1, -0.05) is 0 Å². The van der Waals surface area contributed by atoms with Crippen LogP contribution in [0.5, 0.6) is 0 Å². The summed E-state index contributed by atoms with van der Waals surface area (Å²) in [6, 6.07) is 17.8. The number of allylic oxidation sites excluding steroid dienone is 2. The molecule has 4 rings (SSSR count). The Labute approximate surface area is 146 Å². The van der Waals surface area contributed by atoms with Gasteiger partial charge in [0, 0.05) is 0 Å². The summed E-state index contributed by atoms with van der Waals surface area (Å²) >= 11 is -1.76. The Morgan fingerprint density at radius 1 is 0.773 bits per heavy atom. The van der Waals surface area contributed by atoms with E-state index in [9.17, 15) is 0 Å². The van der Waals surface area contributed by atoms with Crippen molar-refractivity contribution >= 4 is 28.3 Å². The number of hydrogen-bond donors (Lipinski definition) is 0. The fraction of sp³-hybridized carbons (Fsp3) is 0.150. The molecule has 2 aliphatic carbocycles. The second-order valence-electron chi connectivity index (χ2n) is 5.72. The van der Waals surface area contributed by atoms with Crippen molar-refractivity contribution in [2.45, 2.75) is 14.2 Å². The van der Waals surface area contributed by atoms with Gasteiger partial charge in [0.25, 0.3) is 0 Å².